The van der Waals surface area contributed by atoms with Crippen LogP contribution in [0.4, 0.5) is 0 Å². The largest absolute Gasteiger partial charge is 0.379 e. The van der Waals surface area contributed by atoms with Gasteiger partial charge < -0.3 is 9.47 Å². The van der Waals surface area contributed by atoms with E-state index < -0.39 is 9.05 Å². The molecule has 0 aliphatic heterocycles. The van der Waals surface area contributed by atoms with Crippen molar-refractivity contribution in [1.82, 2.24) is 0 Å². The third kappa shape index (κ3) is 12.2. The first-order valence-electron chi connectivity index (χ1n) is 5.39. The summed E-state index contributed by atoms with van der Waals surface area (Å²) in [6.07, 6.45) is 0. The molecule has 0 saturated heterocycles. The Morgan fingerprint density at radius 3 is 2.00 bits per heavy atom. The monoisotopic (exact) mass is 272 g/mol. The van der Waals surface area contributed by atoms with Crippen molar-refractivity contribution in [2.45, 2.75) is 20.8 Å². The van der Waals surface area contributed by atoms with Crippen LogP contribution >= 0.6 is 10.7 Å². The minimum absolute atomic E-state index is 0.0542. The highest BCUT2D eigenvalue weighted by atomic mass is 35.7. The lowest BCUT2D eigenvalue weighted by atomic mass is 10.2. The zero-order valence-electron chi connectivity index (χ0n) is 10.1. The van der Waals surface area contributed by atoms with Crippen molar-refractivity contribution < 1.29 is 17.9 Å². The van der Waals surface area contributed by atoms with Crippen molar-refractivity contribution >= 4 is 19.7 Å². The van der Waals surface area contributed by atoms with Gasteiger partial charge in [0.1, 0.15) is 0 Å². The number of ether oxygens (including phenoxy) is 2. The Balaban J connectivity index is 3.38. The summed E-state index contributed by atoms with van der Waals surface area (Å²) in [7, 11) is 1.70. The van der Waals surface area contributed by atoms with Crippen molar-refractivity contribution in [3.8, 4) is 0 Å². The highest BCUT2D eigenvalue weighted by Gasteiger charge is 2.12. The second kappa shape index (κ2) is 8.28. The molecule has 0 aliphatic carbocycles. The summed E-state index contributed by atoms with van der Waals surface area (Å²) < 4.78 is 32.1. The molecule has 0 aliphatic rings. The minimum Gasteiger partial charge on any atom is -0.379 e. The molecule has 0 aromatic rings. The van der Waals surface area contributed by atoms with Crippen molar-refractivity contribution in [1.29, 1.82) is 0 Å². The molecular formula is C10H21ClO4S. The summed E-state index contributed by atoms with van der Waals surface area (Å²) in [6.45, 7) is 8.07. The molecule has 0 saturated carbocycles. The fraction of sp³-hybridized carbons (Fsp3) is 1.00. The molecule has 0 aromatic carbocycles. The topological polar surface area (TPSA) is 52.6 Å². The number of hydrogen-bond acceptors (Lipinski definition) is 4. The molecule has 4 nitrogen and oxygen atoms in total. The standard InChI is InChI=1S/C10H21ClO4S/c1-9(2)6-14-4-5-15-7-10(3)8-16(11,12)13/h9-10H,4-8H2,1-3H3. The Labute approximate surface area is 103 Å². The van der Waals surface area contributed by atoms with Gasteiger partial charge in [0.25, 0.3) is 0 Å². The van der Waals surface area contributed by atoms with Crippen LogP contribution in [0, 0.1) is 11.8 Å². The zero-order chi connectivity index (χ0) is 12.6. The lowest BCUT2D eigenvalue weighted by Gasteiger charge is -2.11. The van der Waals surface area contributed by atoms with Crippen LogP contribution in [-0.2, 0) is 18.5 Å². The van der Waals surface area contributed by atoms with E-state index in [-0.39, 0.29) is 11.7 Å². The fourth-order valence-corrected chi connectivity index (χ4v) is 2.53. The Morgan fingerprint density at radius 1 is 1.06 bits per heavy atom. The SMILES string of the molecule is CC(C)COCCOCC(C)CS(=O)(=O)Cl. The van der Waals surface area contributed by atoms with E-state index in [0.29, 0.717) is 25.7 Å². The van der Waals surface area contributed by atoms with Crippen LogP contribution in [0.1, 0.15) is 20.8 Å². The first-order valence-corrected chi connectivity index (χ1v) is 7.87. The molecule has 0 spiro atoms. The highest BCUT2D eigenvalue weighted by Crippen LogP contribution is 2.05. The molecule has 1 unspecified atom stereocenters. The van der Waals surface area contributed by atoms with Gasteiger partial charge in [-0.05, 0) is 11.8 Å². The smallest absolute Gasteiger partial charge is 0.232 e. The summed E-state index contributed by atoms with van der Waals surface area (Å²) in [5.74, 6) is 0.370. The van der Waals surface area contributed by atoms with Crippen LogP contribution in [0.25, 0.3) is 0 Å². The van der Waals surface area contributed by atoms with E-state index >= 15 is 0 Å². The van der Waals surface area contributed by atoms with Gasteiger partial charge in [-0.3, -0.25) is 0 Å². The average molecular weight is 273 g/mol. The van der Waals surface area contributed by atoms with E-state index in [4.69, 9.17) is 20.2 Å². The molecule has 0 bridgehead atoms. The van der Waals surface area contributed by atoms with Crippen molar-refractivity contribution in [3.63, 3.8) is 0 Å². The van der Waals surface area contributed by atoms with Crippen LogP contribution in [-0.4, -0.2) is 40.6 Å². The van der Waals surface area contributed by atoms with E-state index in [0.717, 1.165) is 6.61 Å². The molecular weight excluding hydrogens is 252 g/mol. The maximum Gasteiger partial charge on any atom is 0.232 e. The van der Waals surface area contributed by atoms with Gasteiger partial charge in [0.15, 0.2) is 0 Å². The van der Waals surface area contributed by atoms with Crippen LogP contribution in [0.15, 0.2) is 0 Å². The summed E-state index contributed by atoms with van der Waals surface area (Å²) in [5.41, 5.74) is 0. The Bertz CT molecular complexity index is 264. The summed E-state index contributed by atoms with van der Waals surface area (Å²) in [5, 5.41) is 0. The van der Waals surface area contributed by atoms with Gasteiger partial charge in [-0.25, -0.2) is 8.42 Å². The predicted octanol–water partition coefficient (Wildman–Crippen LogP) is 1.88. The number of halogens is 1. The predicted molar refractivity (Wildman–Crippen MR) is 65.3 cm³/mol. The van der Waals surface area contributed by atoms with Gasteiger partial charge >= 0.3 is 0 Å². The van der Waals surface area contributed by atoms with E-state index in [2.05, 4.69) is 13.8 Å². The second-order valence-corrected chi connectivity index (χ2v) is 7.18. The molecule has 98 valence electrons. The van der Waals surface area contributed by atoms with Crippen molar-refractivity contribution in [2.24, 2.45) is 11.8 Å². The highest BCUT2D eigenvalue weighted by molar-refractivity contribution is 8.13. The van der Waals surface area contributed by atoms with Gasteiger partial charge in [0.2, 0.25) is 9.05 Å². The molecule has 6 heteroatoms. The molecule has 0 fully saturated rings. The molecule has 0 aromatic heterocycles. The third-order valence-corrected chi connectivity index (χ3v) is 3.05. The van der Waals surface area contributed by atoms with Crippen molar-refractivity contribution in [3.05, 3.63) is 0 Å². The Kier molecular flexibility index (Phi) is 8.36. The lowest BCUT2D eigenvalue weighted by molar-refractivity contribution is 0.0295. The molecule has 1 atom stereocenters. The summed E-state index contributed by atoms with van der Waals surface area (Å²) in [6, 6.07) is 0. The maximum atomic E-state index is 10.7. The van der Waals surface area contributed by atoms with Gasteiger partial charge in [-0.15, -0.1) is 0 Å². The third-order valence-electron chi connectivity index (χ3n) is 1.71. The van der Waals surface area contributed by atoms with E-state index in [9.17, 15) is 8.42 Å². The minimum atomic E-state index is -3.42. The van der Waals surface area contributed by atoms with Gasteiger partial charge in [-0.1, -0.05) is 20.8 Å². The molecule has 0 N–H and O–H groups in total. The number of rotatable bonds is 9. The quantitative estimate of drug-likeness (QED) is 0.475. The Morgan fingerprint density at radius 2 is 1.56 bits per heavy atom. The summed E-state index contributed by atoms with van der Waals surface area (Å²) >= 11 is 0. The first kappa shape index (κ1) is 16.2. The Hall–Kier alpha value is 0.160. The van der Waals surface area contributed by atoms with Gasteiger partial charge in [-0.2, -0.15) is 0 Å². The fourth-order valence-electron chi connectivity index (χ4n) is 1.11. The van der Waals surface area contributed by atoms with E-state index in [1.165, 1.54) is 0 Å². The molecule has 16 heavy (non-hydrogen) atoms. The van der Waals surface area contributed by atoms with E-state index in [1.54, 1.807) is 6.92 Å². The molecule has 0 amide bonds. The van der Waals surface area contributed by atoms with Crippen LogP contribution in [0.5, 0.6) is 0 Å². The van der Waals surface area contributed by atoms with E-state index in [1.807, 2.05) is 0 Å². The van der Waals surface area contributed by atoms with Crippen LogP contribution < -0.4 is 0 Å². The van der Waals surface area contributed by atoms with Crippen LogP contribution in [0.3, 0.4) is 0 Å². The second-order valence-electron chi connectivity index (χ2n) is 4.35. The molecule has 0 heterocycles. The lowest BCUT2D eigenvalue weighted by Crippen LogP contribution is -2.17. The normalized spacial score (nSPS) is 14.3. The van der Waals surface area contributed by atoms with Crippen LogP contribution in [0.2, 0.25) is 0 Å². The van der Waals surface area contributed by atoms with Gasteiger partial charge in [0, 0.05) is 17.3 Å². The number of hydrogen-bond donors (Lipinski definition) is 0. The van der Waals surface area contributed by atoms with Gasteiger partial charge in [0.05, 0.1) is 25.6 Å². The first-order chi connectivity index (χ1) is 7.31. The zero-order valence-corrected chi connectivity index (χ0v) is 11.7. The molecule has 0 radical (unpaired) electrons. The average Bonchev–Trinajstić information content (AvgIpc) is 2.07. The molecule has 0 rings (SSSR count). The maximum absolute atomic E-state index is 10.7. The van der Waals surface area contributed by atoms with Crippen molar-refractivity contribution in [2.75, 3.05) is 32.2 Å². The summed E-state index contributed by atoms with van der Waals surface area (Å²) in [4.78, 5) is 0.